The van der Waals surface area contributed by atoms with Crippen molar-refractivity contribution in [1.82, 2.24) is 23.8 Å². The molecule has 8 nitrogen and oxygen atoms in total. The minimum Gasteiger partial charge on any atom is -0.370 e. The minimum atomic E-state index is -0.408. The van der Waals surface area contributed by atoms with Gasteiger partial charge in [0, 0.05) is 5.92 Å². The fourth-order valence-corrected chi connectivity index (χ4v) is 3.17. The van der Waals surface area contributed by atoms with Crippen LogP contribution in [-0.4, -0.2) is 30.4 Å². The van der Waals surface area contributed by atoms with E-state index in [-0.39, 0.29) is 24.3 Å². The summed E-state index contributed by atoms with van der Waals surface area (Å²) < 4.78 is 10.3. The first-order chi connectivity index (χ1) is 11.1. The van der Waals surface area contributed by atoms with Crippen LogP contribution in [0.5, 0.6) is 0 Å². The quantitative estimate of drug-likeness (QED) is 0.483. The summed E-state index contributed by atoms with van der Waals surface area (Å²) in [5.41, 5.74) is 8.92. The molecular weight excluding hydrogens is 350 g/mol. The van der Waals surface area contributed by atoms with E-state index in [9.17, 15) is 4.79 Å². The van der Waals surface area contributed by atoms with Crippen LogP contribution >= 0.6 is 24.1 Å². The molecule has 1 aliphatic rings. The predicted molar refractivity (Wildman–Crippen MR) is 93.1 cm³/mol. The maximum absolute atomic E-state index is 12.3. The second-order valence-electron chi connectivity index (χ2n) is 5.41. The molecule has 1 aliphatic carbocycles. The van der Waals surface area contributed by atoms with Crippen molar-refractivity contribution in [2.24, 2.45) is 5.73 Å². The molecule has 1 aromatic carbocycles. The lowest BCUT2D eigenvalue weighted by atomic mass is 10.1. The summed E-state index contributed by atoms with van der Waals surface area (Å²) in [6.07, 6.45) is 3.54. The number of hydrogen-bond donors (Lipinski definition) is 3. The lowest BCUT2D eigenvalue weighted by molar-refractivity contribution is 0.0975. The van der Waals surface area contributed by atoms with Gasteiger partial charge >= 0.3 is 0 Å². The molecule has 0 saturated heterocycles. The van der Waals surface area contributed by atoms with Gasteiger partial charge in [-0.25, -0.2) is 4.68 Å². The Labute approximate surface area is 147 Å². The van der Waals surface area contributed by atoms with Gasteiger partial charge in [-0.15, -0.1) is 12.4 Å². The van der Waals surface area contributed by atoms with Gasteiger partial charge < -0.3 is 5.73 Å². The van der Waals surface area contributed by atoms with Crippen LogP contribution in [0.15, 0.2) is 24.4 Å². The molecule has 2 heterocycles. The second kappa shape index (κ2) is 6.17. The molecule has 0 unspecified atom stereocenters. The van der Waals surface area contributed by atoms with E-state index in [1.54, 1.807) is 4.68 Å². The summed E-state index contributed by atoms with van der Waals surface area (Å²) in [6, 6.07) is 5.70. The zero-order valence-electron chi connectivity index (χ0n) is 12.4. The molecule has 4 N–H and O–H groups in total. The van der Waals surface area contributed by atoms with E-state index in [2.05, 4.69) is 19.2 Å². The maximum Gasteiger partial charge on any atom is 0.261 e. The van der Waals surface area contributed by atoms with E-state index >= 15 is 0 Å². The van der Waals surface area contributed by atoms with Crippen LogP contribution in [0.2, 0.25) is 0 Å². The summed E-state index contributed by atoms with van der Waals surface area (Å²) in [6.45, 7) is 0. The van der Waals surface area contributed by atoms with Crippen molar-refractivity contribution >= 4 is 47.0 Å². The number of hydrogen-bond acceptors (Lipinski definition) is 6. The molecule has 0 bridgehead atoms. The van der Waals surface area contributed by atoms with Crippen LogP contribution in [0.1, 0.15) is 34.8 Å². The first-order valence-electron chi connectivity index (χ1n) is 7.10. The van der Waals surface area contributed by atoms with Crippen molar-refractivity contribution in [3.8, 4) is 5.69 Å². The van der Waals surface area contributed by atoms with Crippen LogP contribution in [0, 0.1) is 5.41 Å². The number of nitrogens with zero attached hydrogens (tertiary/aromatic N) is 4. The number of carbonyl (C=O) groups is 1. The van der Waals surface area contributed by atoms with Gasteiger partial charge in [0.25, 0.3) is 5.91 Å². The van der Waals surface area contributed by atoms with E-state index in [0.29, 0.717) is 5.56 Å². The zero-order chi connectivity index (χ0) is 16.0. The normalized spacial score (nSPS) is 13.5. The van der Waals surface area contributed by atoms with E-state index in [1.807, 2.05) is 18.2 Å². The Morgan fingerprint density at radius 1 is 1.38 bits per heavy atom. The van der Waals surface area contributed by atoms with Gasteiger partial charge in [-0.1, -0.05) is 6.07 Å². The summed E-state index contributed by atoms with van der Waals surface area (Å²) >= 11 is 1.15. The minimum absolute atomic E-state index is 0. The van der Waals surface area contributed by atoms with Gasteiger partial charge in [0.05, 0.1) is 34.9 Å². The van der Waals surface area contributed by atoms with Crippen LogP contribution in [-0.2, 0) is 0 Å². The highest BCUT2D eigenvalue weighted by Crippen LogP contribution is 2.42. The highest BCUT2D eigenvalue weighted by Gasteiger charge is 2.33. The van der Waals surface area contributed by atoms with Crippen LogP contribution < -0.4 is 11.1 Å². The molecule has 0 radical (unpaired) electrons. The number of amides is 1. The highest BCUT2D eigenvalue weighted by atomic mass is 35.5. The number of nitrogens with two attached hydrogens (primary N) is 1. The molecule has 0 spiro atoms. The third kappa shape index (κ3) is 2.72. The van der Waals surface area contributed by atoms with E-state index in [1.165, 1.54) is 6.20 Å². The zero-order valence-corrected chi connectivity index (χ0v) is 14.0. The van der Waals surface area contributed by atoms with Crippen molar-refractivity contribution in [2.45, 2.75) is 18.8 Å². The first-order valence-corrected chi connectivity index (χ1v) is 7.83. The van der Waals surface area contributed by atoms with Gasteiger partial charge in [0.1, 0.15) is 11.0 Å². The Morgan fingerprint density at radius 2 is 2.17 bits per heavy atom. The third-order valence-corrected chi connectivity index (χ3v) is 4.30. The molecule has 0 atom stereocenters. The number of benzene rings is 1. The summed E-state index contributed by atoms with van der Waals surface area (Å²) in [7, 11) is 0. The molecule has 24 heavy (non-hydrogen) atoms. The van der Waals surface area contributed by atoms with Crippen molar-refractivity contribution in [3.63, 3.8) is 0 Å². The van der Waals surface area contributed by atoms with Crippen LogP contribution in [0.3, 0.4) is 0 Å². The first kappa shape index (κ1) is 16.3. The van der Waals surface area contributed by atoms with Crippen LogP contribution in [0.4, 0.5) is 0 Å². The van der Waals surface area contributed by atoms with E-state index in [0.717, 1.165) is 47.0 Å². The lowest BCUT2D eigenvalue weighted by Gasteiger charge is -2.09. The molecular formula is C14H14ClN7OS. The third-order valence-electron chi connectivity index (χ3n) is 3.76. The molecule has 4 rings (SSSR count). The second-order valence-corrected chi connectivity index (χ2v) is 5.93. The number of nitrogens with one attached hydrogen (secondary N) is 2. The van der Waals surface area contributed by atoms with Gasteiger partial charge in [0.2, 0.25) is 0 Å². The number of fused-ring (bicyclic) bond motifs is 1. The fourth-order valence-electron chi connectivity index (χ4n) is 2.63. The standard InChI is InChI=1S/C14H13N7OS.ClH/c15-14(16)18-13(22)8-6-17-21(12(8)7-4-5-7)10-3-1-2-9-11(10)20-23-19-9;/h1-3,6-7H,4-5H2,(H4,15,16,18,22);1H. The molecule has 0 aliphatic heterocycles. The van der Waals surface area contributed by atoms with Crippen molar-refractivity contribution in [3.05, 3.63) is 35.7 Å². The van der Waals surface area contributed by atoms with Gasteiger partial charge in [0.15, 0.2) is 5.96 Å². The fraction of sp³-hybridized carbons (Fsp3) is 0.214. The van der Waals surface area contributed by atoms with E-state index < -0.39 is 5.91 Å². The Hall–Kier alpha value is -2.52. The molecule has 1 saturated carbocycles. The SMILES string of the molecule is Cl.N=C(N)NC(=O)c1cnn(-c2cccc3nsnc23)c1C1CC1. The van der Waals surface area contributed by atoms with Crippen molar-refractivity contribution in [2.75, 3.05) is 0 Å². The lowest BCUT2D eigenvalue weighted by Crippen LogP contribution is -2.36. The Bertz CT molecular complexity index is 930. The summed E-state index contributed by atoms with van der Waals surface area (Å²) in [5, 5.41) is 13.9. The molecule has 124 valence electrons. The van der Waals surface area contributed by atoms with Gasteiger partial charge in [-0.05, 0) is 25.0 Å². The number of aromatic nitrogens is 4. The predicted octanol–water partition coefficient (Wildman–Crippen LogP) is 1.80. The maximum atomic E-state index is 12.3. The smallest absolute Gasteiger partial charge is 0.261 e. The average Bonchev–Trinajstić information content (AvgIpc) is 3.08. The number of guanidine groups is 1. The number of carbonyl (C=O) groups excluding carboxylic acids is 1. The highest BCUT2D eigenvalue weighted by molar-refractivity contribution is 7.00. The monoisotopic (exact) mass is 363 g/mol. The van der Waals surface area contributed by atoms with Gasteiger partial charge in [-0.3, -0.25) is 15.5 Å². The van der Waals surface area contributed by atoms with Crippen LogP contribution in [0.25, 0.3) is 16.7 Å². The molecule has 3 aromatic rings. The largest absolute Gasteiger partial charge is 0.370 e. The van der Waals surface area contributed by atoms with E-state index in [4.69, 9.17) is 11.1 Å². The Kier molecular flexibility index (Phi) is 4.20. The number of halogens is 1. The number of rotatable bonds is 3. The average molecular weight is 364 g/mol. The molecule has 2 aromatic heterocycles. The molecule has 1 fully saturated rings. The van der Waals surface area contributed by atoms with Crippen molar-refractivity contribution in [1.29, 1.82) is 5.41 Å². The molecule has 10 heteroatoms. The summed E-state index contributed by atoms with van der Waals surface area (Å²) in [4.78, 5) is 12.3. The Morgan fingerprint density at radius 3 is 2.88 bits per heavy atom. The van der Waals surface area contributed by atoms with Gasteiger partial charge in [-0.2, -0.15) is 13.8 Å². The molecule has 1 amide bonds. The summed E-state index contributed by atoms with van der Waals surface area (Å²) in [5.74, 6) is -0.503. The van der Waals surface area contributed by atoms with Crippen molar-refractivity contribution < 1.29 is 4.79 Å². The Balaban J connectivity index is 0.00000169. The topological polar surface area (TPSA) is 123 Å².